The average molecular weight is 421 g/mol. The number of fused-ring (bicyclic) bond motifs is 1. The Morgan fingerprint density at radius 1 is 0.833 bits per heavy atom. The van der Waals surface area contributed by atoms with Gasteiger partial charge in [-0.3, -0.25) is 4.79 Å². The fourth-order valence-corrected chi connectivity index (χ4v) is 3.29. The Hall–Kier alpha value is -3.24. The Bertz CT molecular complexity index is 1230. The molecule has 0 saturated carbocycles. The third-order valence-corrected chi connectivity index (χ3v) is 4.98. The van der Waals surface area contributed by atoms with Crippen molar-refractivity contribution in [1.29, 1.82) is 0 Å². The number of hydrogen-bond acceptors (Lipinski definition) is 4. The van der Waals surface area contributed by atoms with E-state index in [-0.39, 0.29) is 17.8 Å². The van der Waals surface area contributed by atoms with Crippen molar-refractivity contribution < 1.29 is 13.9 Å². The van der Waals surface area contributed by atoms with Gasteiger partial charge in [0.15, 0.2) is 5.76 Å². The number of ether oxygens (including phenoxy) is 2. The molecule has 0 aliphatic heterocycles. The maximum atomic E-state index is 13.2. The summed E-state index contributed by atoms with van der Waals surface area (Å²) in [7, 11) is 0. The van der Waals surface area contributed by atoms with Crippen molar-refractivity contribution >= 4 is 22.6 Å². The van der Waals surface area contributed by atoms with Gasteiger partial charge in [-0.05, 0) is 44.2 Å². The molecule has 4 aromatic rings. The van der Waals surface area contributed by atoms with Gasteiger partial charge in [0.25, 0.3) is 0 Å². The molecule has 3 aromatic carbocycles. The highest BCUT2D eigenvalue weighted by Gasteiger charge is 2.18. The average Bonchev–Trinajstić information content (AvgIpc) is 2.74. The van der Waals surface area contributed by atoms with E-state index in [0.717, 1.165) is 22.4 Å². The standard InChI is InChI=1S/C25H21ClO4/c1-16-3-7-18(8-4-16)24-25(23(27)21-15-19(26)9-12-22(21)30-24)29-14-13-28-20-10-5-17(2)6-11-20/h3-12,15H,13-14H2,1-2H3. The first-order chi connectivity index (χ1) is 14.5. The largest absolute Gasteiger partial charge is 0.490 e. The Morgan fingerprint density at radius 3 is 2.17 bits per heavy atom. The van der Waals surface area contributed by atoms with Gasteiger partial charge in [-0.15, -0.1) is 0 Å². The minimum atomic E-state index is -0.260. The quantitative estimate of drug-likeness (QED) is 0.349. The number of benzene rings is 3. The van der Waals surface area contributed by atoms with Crippen molar-refractivity contribution in [2.45, 2.75) is 13.8 Å². The second-order valence-corrected chi connectivity index (χ2v) is 7.54. The molecule has 4 rings (SSSR count). The zero-order chi connectivity index (χ0) is 21.1. The van der Waals surface area contributed by atoms with Crippen molar-refractivity contribution in [2.24, 2.45) is 0 Å². The molecule has 4 nitrogen and oxygen atoms in total. The van der Waals surface area contributed by atoms with E-state index in [4.69, 9.17) is 25.5 Å². The first kappa shape index (κ1) is 20.0. The predicted molar refractivity (Wildman–Crippen MR) is 120 cm³/mol. The molecule has 0 aliphatic rings. The van der Waals surface area contributed by atoms with Crippen molar-refractivity contribution in [3.05, 3.63) is 93.1 Å². The summed E-state index contributed by atoms with van der Waals surface area (Å²) in [4.78, 5) is 13.2. The van der Waals surface area contributed by atoms with Crippen LogP contribution >= 0.6 is 11.6 Å². The fourth-order valence-electron chi connectivity index (χ4n) is 3.11. The Labute approximate surface area is 179 Å². The van der Waals surface area contributed by atoms with Crippen LogP contribution in [-0.4, -0.2) is 13.2 Å². The predicted octanol–water partition coefficient (Wildman–Crippen LogP) is 6.19. The summed E-state index contributed by atoms with van der Waals surface area (Å²) in [6.07, 6.45) is 0. The molecule has 0 fully saturated rings. The lowest BCUT2D eigenvalue weighted by molar-refractivity contribution is 0.214. The summed E-state index contributed by atoms with van der Waals surface area (Å²) in [6, 6.07) is 20.5. The van der Waals surface area contributed by atoms with E-state index in [2.05, 4.69) is 0 Å². The van der Waals surface area contributed by atoms with Gasteiger partial charge >= 0.3 is 0 Å². The van der Waals surface area contributed by atoms with Crippen LogP contribution in [0, 0.1) is 13.8 Å². The molecule has 0 amide bonds. The third kappa shape index (κ3) is 4.34. The molecular weight excluding hydrogens is 400 g/mol. The van der Waals surface area contributed by atoms with Crippen LogP contribution < -0.4 is 14.9 Å². The molecule has 0 aliphatic carbocycles. The van der Waals surface area contributed by atoms with Crippen LogP contribution in [0.15, 0.2) is 75.9 Å². The van der Waals surface area contributed by atoms with Crippen molar-refractivity contribution in [3.63, 3.8) is 0 Å². The summed E-state index contributed by atoms with van der Waals surface area (Å²) < 4.78 is 17.6. The van der Waals surface area contributed by atoms with Gasteiger partial charge in [0, 0.05) is 10.6 Å². The first-order valence-corrected chi connectivity index (χ1v) is 10.0. The zero-order valence-electron chi connectivity index (χ0n) is 16.8. The molecule has 30 heavy (non-hydrogen) atoms. The molecule has 5 heteroatoms. The van der Waals surface area contributed by atoms with Crippen molar-refractivity contribution in [1.82, 2.24) is 0 Å². The maximum absolute atomic E-state index is 13.2. The first-order valence-electron chi connectivity index (χ1n) is 9.67. The molecule has 0 radical (unpaired) electrons. The Balaban J connectivity index is 1.64. The van der Waals surface area contributed by atoms with Gasteiger partial charge in [0.05, 0.1) is 5.39 Å². The molecule has 0 bridgehead atoms. The van der Waals surface area contributed by atoms with Gasteiger partial charge in [-0.1, -0.05) is 59.1 Å². The SMILES string of the molecule is Cc1ccc(OCCOc2c(-c3ccc(C)cc3)oc3ccc(Cl)cc3c2=O)cc1. The van der Waals surface area contributed by atoms with Crippen molar-refractivity contribution in [3.8, 4) is 22.8 Å². The van der Waals surface area contributed by atoms with Crippen LogP contribution in [0.25, 0.3) is 22.3 Å². The van der Waals surface area contributed by atoms with Crippen LogP contribution in [0.4, 0.5) is 0 Å². The summed E-state index contributed by atoms with van der Waals surface area (Å²) in [5, 5.41) is 0.847. The molecular formula is C25H21ClO4. The monoisotopic (exact) mass is 420 g/mol. The van der Waals surface area contributed by atoms with E-state index in [9.17, 15) is 4.79 Å². The number of rotatable bonds is 6. The number of hydrogen-bond donors (Lipinski definition) is 0. The number of aryl methyl sites for hydroxylation is 2. The molecule has 152 valence electrons. The van der Waals surface area contributed by atoms with Gasteiger partial charge in [0.2, 0.25) is 11.2 Å². The normalized spacial score (nSPS) is 10.9. The van der Waals surface area contributed by atoms with E-state index in [1.807, 2.05) is 62.4 Å². The molecule has 1 aromatic heterocycles. The highest BCUT2D eigenvalue weighted by molar-refractivity contribution is 6.31. The van der Waals surface area contributed by atoms with E-state index in [0.29, 0.717) is 28.4 Å². The summed E-state index contributed by atoms with van der Waals surface area (Å²) >= 11 is 6.08. The van der Waals surface area contributed by atoms with Crippen molar-refractivity contribution in [2.75, 3.05) is 13.2 Å². The zero-order valence-corrected chi connectivity index (χ0v) is 17.5. The van der Waals surface area contributed by atoms with Gasteiger partial charge in [0.1, 0.15) is 24.5 Å². The topological polar surface area (TPSA) is 48.7 Å². The van der Waals surface area contributed by atoms with E-state index < -0.39 is 0 Å². The molecule has 1 heterocycles. The smallest absolute Gasteiger partial charge is 0.235 e. The molecule has 0 spiro atoms. The molecule has 0 N–H and O–H groups in total. The second-order valence-electron chi connectivity index (χ2n) is 7.11. The highest BCUT2D eigenvalue weighted by atomic mass is 35.5. The molecule has 0 unspecified atom stereocenters. The minimum Gasteiger partial charge on any atom is -0.490 e. The summed E-state index contributed by atoms with van der Waals surface area (Å²) in [5.41, 5.74) is 3.24. The molecule has 0 saturated heterocycles. The molecule has 0 atom stereocenters. The highest BCUT2D eigenvalue weighted by Crippen LogP contribution is 2.32. The lowest BCUT2D eigenvalue weighted by atomic mass is 10.1. The fraction of sp³-hybridized carbons (Fsp3) is 0.160. The van der Waals surface area contributed by atoms with E-state index in [1.54, 1.807) is 18.2 Å². The Kier molecular flexibility index (Phi) is 5.77. The summed E-state index contributed by atoms with van der Waals surface area (Å²) in [6.45, 7) is 4.51. The van der Waals surface area contributed by atoms with E-state index >= 15 is 0 Å². The van der Waals surface area contributed by atoms with Gasteiger partial charge in [-0.2, -0.15) is 0 Å². The lowest BCUT2D eigenvalue weighted by Crippen LogP contribution is -2.15. The summed E-state index contributed by atoms with van der Waals surface area (Å²) in [5.74, 6) is 1.30. The van der Waals surface area contributed by atoms with Gasteiger partial charge in [-0.25, -0.2) is 0 Å². The Morgan fingerprint density at radius 2 is 1.47 bits per heavy atom. The number of halogens is 1. The van der Waals surface area contributed by atoms with Gasteiger partial charge < -0.3 is 13.9 Å². The minimum absolute atomic E-state index is 0.154. The van der Waals surface area contributed by atoms with E-state index in [1.165, 1.54) is 0 Å². The van der Waals surface area contributed by atoms with Crippen LogP contribution in [-0.2, 0) is 0 Å². The lowest BCUT2D eigenvalue weighted by Gasteiger charge is -2.13. The second kappa shape index (κ2) is 8.64. The van der Waals surface area contributed by atoms with Crippen LogP contribution in [0.5, 0.6) is 11.5 Å². The maximum Gasteiger partial charge on any atom is 0.235 e. The van der Waals surface area contributed by atoms with Crippen LogP contribution in [0.2, 0.25) is 5.02 Å². The van der Waals surface area contributed by atoms with Crippen LogP contribution in [0.1, 0.15) is 11.1 Å². The van der Waals surface area contributed by atoms with Crippen LogP contribution in [0.3, 0.4) is 0 Å². The third-order valence-electron chi connectivity index (χ3n) is 4.74.